The topological polar surface area (TPSA) is 61.4 Å². The van der Waals surface area contributed by atoms with E-state index in [1.54, 1.807) is 6.07 Å². The normalized spacial score (nSPS) is 21.3. The standard InChI is InChI=1S/C22H24FN3O2S/c1-14-8-9-16(23)18(11-14)26-10-4-5-15(13-26)24-21(27)12-20-22(28)25-17-6-2-3-7-19(17)29-20/h2-3,6-9,11,15,20H,4-5,10,12-13H2,1H3,(H,24,27)(H,25,28). The highest BCUT2D eigenvalue weighted by molar-refractivity contribution is 8.01. The number of carbonyl (C=O) groups is 2. The first-order chi connectivity index (χ1) is 14.0. The van der Waals surface area contributed by atoms with Gasteiger partial charge in [-0.1, -0.05) is 18.2 Å². The summed E-state index contributed by atoms with van der Waals surface area (Å²) in [5.74, 6) is -0.527. The average Bonchev–Trinajstić information content (AvgIpc) is 2.70. The second kappa shape index (κ2) is 8.45. The molecule has 0 aromatic heterocycles. The van der Waals surface area contributed by atoms with Crippen LogP contribution >= 0.6 is 11.8 Å². The number of benzene rings is 2. The SMILES string of the molecule is Cc1ccc(F)c(N2CCCC(NC(=O)CC3Sc4ccccc4NC3=O)C2)c1. The van der Waals surface area contributed by atoms with Crippen molar-refractivity contribution in [2.75, 3.05) is 23.3 Å². The van der Waals surface area contributed by atoms with Crippen molar-refractivity contribution in [1.29, 1.82) is 0 Å². The van der Waals surface area contributed by atoms with Crippen molar-refractivity contribution in [2.45, 2.75) is 42.4 Å². The molecule has 0 saturated carbocycles. The highest BCUT2D eigenvalue weighted by Gasteiger charge is 2.30. The smallest absolute Gasteiger partial charge is 0.238 e. The van der Waals surface area contributed by atoms with Crippen LogP contribution in [-0.2, 0) is 9.59 Å². The number of thioether (sulfide) groups is 1. The lowest BCUT2D eigenvalue weighted by Gasteiger charge is -2.35. The van der Waals surface area contributed by atoms with Gasteiger partial charge in [-0.05, 0) is 49.6 Å². The number of para-hydroxylation sites is 1. The van der Waals surface area contributed by atoms with E-state index in [0.29, 0.717) is 12.2 Å². The Morgan fingerprint density at radius 2 is 2.14 bits per heavy atom. The number of anilines is 2. The minimum atomic E-state index is -0.446. The van der Waals surface area contributed by atoms with Gasteiger partial charge in [0.2, 0.25) is 11.8 Å². The molecule has 5 nitrogen and oxygen atoms in total. The van der Waals surface area contributed by atoms with E-state index in [0.717, 1.165) is 35.5 Å². The number of piperidine rings is 1. The minimum absolute atomic E-state index is 0.0555. The molecular weight excluding hydrogens is 389 g/mol. The Labute approximate surface area is 174 Å². The summed E-state index contributed by atoms with van der Waals surface area (Å²) in [6, 6.07) is 12.6. The Balaban J connectivity index is 1.36. The lowest BCUT2D eigenvalue weighted by molar-refractivity contribution is -0.124. The van der Waals surface area contributed by atoms with Crippen molar-refractivity contribution < 1.29 is 14.0 Å². The molecule has 4 rings (SSSR count). The zero-order chi connectivity index (χ0) is 20.4. The van der Waals surface area contributed by atoms with Crippen molar-refractivity contribution >= 4 is 35.0 Å². The molecule has 1 saturated heterocycles. The van der Waals surface area contributed by atoms with Gasteiger partial charge in [0, 0.05) is 30.4 Å². The number of amides is 2. The summed E-state index contributed by atoms with van der Waals surface area (Å²) in [4.78, 5) is 27.9. The second-order valence-corrected chi connectivity index (χ2v) is 8.85. The van der Waals surface area contributed by atoms with E-state index >= 15 is 0 Å². The van der Waals surface area contributed by atoms with Crippen LogP contribution in [0.1, 0.15) is 24.8 Å². The van der Waals surface area contributed by atoms with Gasteiger partial charge < -0.3 is 15.5 Å². The monoisotopic (exact) mass is 413 g/mol. The summed E-state index contributed by atoms with van der Waals surface area (Å²) < 4.78 is 14.2. The Hall–Kier alpha value is -2.54. The van der Waals surface area contributed by atoms with Gasteiger partial charge >= 0.3 is 0 Å². The van der Waals surface area contributed by atoms with Gasteiger partial charge in [-0.3, -0.25) is 9.59 Å². The Kier molecular flexibility index (Phi) is 5.76. The molecule has 0 radical (unpaired) electrons. The third kappa shape index (κ3) is 4.56. The van der Waals surface area contributed by atoms with Gasteiger partial charge in [-0.15, -0.1) is 11.8 Å². The zero-order valence-electron chi connectivity index (χ0n) is 16.3. The zero-order valence-corrected chi connectivity index (χ0v) is 17.1. The predicted octanol–water partition coefficient (Wildman–Crippen LogP) is 3.72. The van der Waals surface area contributed by atoms with Crippen molar-refractivity contribution in [3.8, 4) is 0 Å². The lowest BCUT2D eigenvalue weighted by atomic mass is 10.0. The molecule has 0 spiro atoms. The van der Waals surface area contributed by atoms with E-state index in [9.17, 15) is 14.0 Å². The molecule has 7 heteroatoms. The third-order valence-corrected chi connectivity index (χ3v) is 6.58. The van der Waals surface area contributed by atoms with Crippen LogP contribution in [0.15, 0.2) is 47.4 Å². The number of halogens is 1. The van der Waals surface area contributed by atoms with Gasteiger partial charge in [0.25, 0.3) is 0 Å². The van der Waals surface area contributed by atoms with E-state index in [4.69, 9.17) is 0 Å². The first kappa shape index (κ1) is 19.8. The molecule has 29 heavy (non-hydrogen) atoms. The number of hydrogen-bond acceptors (Lipinski definition) is 4. The molecule has 2 unspecified atom stereocenters. The fourth-order valence-corrected chi connectivity index (χ4v) is 4.97. The average molecular weight is 414 g/mol. The van der Waals surface area contributed by atoms with Crippen LogP contribution in [0, 0.1) is 12.7 Å². The van der Waals surface area contributed by atoms with Crippen LogP contribution in [0.5, 0.6) is 0 Å². The van der Waals surface area contributed by atoms with Crippen LogP contribution < -0.4 is 15.5 Å². The molecule has 2 aromatic rings. The molecule has 2 aliphatic rings. The Morgan fingerprint density at radius 1 is 1.31 bits per heavy atom. The van der Waals surface area contributed by atoms with Gasteiger partial charge in [0.1, 0.15) is 5.82 Å². The molecule has 0 aliphatic carbocycles. The summed E-state index contributed by atoms with van der Waals surface area (Å²) in [6.07, 6.45) is 1.85. The van der Waals surface area contributed by atoms with Crippen LogP contribution in [0.4, 0.5) is 15.8 Å². The van der Waals surface area contributed by atoms with Crippen LogP contribution in [0.2, 0.25) is 0 Å². The van der Waals surface area contributed by atoms with E-state index in [-0.39, 0.29) is 30.1 Å². The van der Waals surface area contributed by atoms with Crippen molar-refractivity contribution in [3.05, 3.63) is 53.8 Å². The number of nitrogens with zero attached hydrogens (tertiary/aromatic N) is 1. The van der Waals surface area contributed by atoms with Gasteiger partial charge in [-0.25, -0.2) is 4.39 Å². The van der Waals surface area contributed by atoms with Crippen molar-refractivity contribution in [2.24, 2.45) is 0 Å². The number of fused-ring (bicyclic) bond motifs is 1. The Bertz CT molecular complexity index is 936. The summed E-state index contributed by atoms with van der Waals surface area (Å²) in [7, 11) is 0. The molecule has 2 aliphatic heterocycles. The fourth-order valence-electron chi connectivity index (χ4n) is 3.86. The maximum absolute atomic E-state index is 14.2. The first-order valence-corrected chi connectivity index (χ1v) is 10.7. The van der Waals surface area contributed by atoms with Gasteiger partial charge in [0.05, 0.1) is 16.6 Å². The minimum Gasteiger partial charge on any atom is -0.367 e. The molecule has 2 N–H and O–H groups in total. The van der Waals surface area contributed by atoms with E-state index in [2.05, 4.69) is 10.6 Å². The molecule has 2 amide bonds. The quantitative estimate of drug-likeness (QED) is 0.802. The molecule has 2 aromatic carbocycles. The molecule has 0 bridgehead atoms. The second-order valence-electron chi connectivity index (χ2n) is 7.60. The molecule has 2 heterocycles. The number of aryl methyl sites for hydroxylation is 1. The Morgan fingerprint density at radius 3 is 3.00 bits per heavy atom. The van der Waals surface area contributed by atoms with Gasteiger partial charge in [-0.2, -0.15) is 0 Å². The number of nitrogens with one attached hydrogen (secondary N) is 2. The summed E-state index contributed by atoms with van der Waals surface area (Å²) in [5.41, 5.74) is 2.39. The van der Waals surface area contributed by atoms with Gasteiger partial charge in [0.15, 0.2) is 0 Å². The summed E-state index contributed by atoms with van der Waals surface area (Å²) in [5, 5.41) is 5.47. The van der Waals surface area contributed by atoms with Crippen molar-refractivity contribution in [3.63, 3.8) is 0 Å². The van der Waals surface area contributed by atoms with E-state index in [1.165, 1.54) is 17.8 Å². The molecular formula is C22H24FN3O2S. The summed E-state index contributed by atoms with van der Waals surface area (Å²) >= 11 is 1.42. The van der Waals surface area contributed by atoms with Crippen LogP contribution in [0.3, 0.4) is 0 Å². The lowest BCUT2D eigenvalue weighted by Crippen LogP contribution is -2.49. The maximum Gasteiger partial charge on any atom is 0.238 e. The number of carbonyl (C=O) groups excluding carboxylic acids is 2. The van der Waals surface area contributed by atoms with Crippen LogP contribution in [-0.4, -0.2) is 36.2 Å². The number of rotatable bonds is 4. The molecule has 1 fully saturated rings. The highest BCUT2D eigenvalue weighted by atomic mass is 32.2. The summed E-state index contributed by atoms with van der Waals surface area (Å²) in [6.45, 7) is 3.28. The maximum atomic E-state index is 14.2. The third-order valence-electron chi connectivity index (χ3n) is 5.31. The first-order valence-electron chi connectivity index (χ1n) is 9.86. The van der Waals surface area contributed by atoms with Crippen LogP contribution in [0.25, 0.3) is 0 Å². The highest BCUT2D eigenvalue weighted by Crippen LogP contribution is 2.36. The van der Waals surface area contributed by atoms with E-state index in [1.807, 2.05) is 42.2 Å². The van der Waals surface area contributed by atoms with E-state index < -0.39 is 5.25 Å². The van der Waals surface area contributed by atoms with Crippen molar-refractivity contribution in [1.82, 2.24) is 5.32 Å². The fraction of sp³-hybridized carbons (Fsp3) is 0.364. The predicted molar refractivity (Wildman–Crippen MR) is 114 cm³/mol. The number of hydrogen-bond donors (Lipinski definition) is 2. The molecule has 152 valence electrons. The molecule has 2 atom stereocenters. The largest absolute Gasteiger partial charge is 0.367 e.